The molecule has 2 aliphatic rings. The molecular formula is C26H20N4O3. The summed E-state index contributed by atoms with van der Waals surface area (Å²) in [5.41, 5.74) is 4.06. The van der Waals surface area contributed by atoms with Crippen LogP contribution in [0, 0.1) is 0 Å². The number of carbonyl (C=O) groups is 3. The summed E-state index contributed by atoms with van der Waals surface area (Å²) >= 11 is 0. The highest BCUT2D eigenvalue weighted by Gasteiger charge is 2.47. The van der Waals surface area contributed by atoms with Crippen LogP contribution in [0.2, 0.25) is 0 Å². The van der Waals surface area contributed by atoms with Crippen molar-refractivity contribution in [2.24, 2.45) is 0 Å². The van der Waals surface area contributed by atoms with Gasteiger partial charge in [-0.2, -0.15) is 0 Å². The number of rotatable bonds is 4. The minimum Gasteiger partial charge on any atom is -0.361 e. The van der Waals surface area contributed by atoms with Gasteiger partial charge >= 0.3 is 0 Å². The van der Waals surface area contributed by atoms with Crippen molar-refractivity contribution in [2.75, 3.05) is 16.8 Å². The first kappa shape index (κ1) is 19.3. The van der Waals surface area contributed by atoms with E-state index in [-0.39, 0.29) is 30.7 Å². The summed E-state index contributed by atoms with van der Waals surface area (Å²) in [7, 11) is 0. The fourth-order valence-electron chi connectivity index (χ4n) is 4.77. The van der Waals surface area contributed by atoms with Gasteiger partial charge in [-0.05, 0) is 41.8 Å². The topological polar surface area (TPSA) is 85.5 Å². The average molecular weight is 436 g/mol. The van der Waals surface area contributed by atoms with Gasteiger partial charge in [-0.3, -0.25) is 19.3 Å². The lowest BCUT2D eigenvalue weighted by Crippen LogP contribution is -2.48. The Labute approximate surface area is 189 Å². The summed E-state index contributed by atoms with van der Waals surface area (Å²) < 4.78 is 0. The molecule has 0 bridgehead atoms. The SMILES string of the molecule is O=C(CCN1C(=O)c2ccccc2N2C(=O)c3ccccc3[C@@H]12)Nc1ccc2cc[nH]c2c1. The van der Waals surface area contributed by atoms with Gasteiger partial charge < -0.3 is 15.2 Å². The van der Waals surface area contributed by atoms with Crippen molar-refractivity contribution in [1.82, 2.24) is 9.88 Å². The predicted octanol–water partition coefficient (Wildman–Crippen LogP) is 4.31. The summed E-state index contributed by atoms with van der Waals surface area (Å²) in [5, 5.41) is 3.97. The largest absolute Gasteiger partial charge is 0.361 e. The van der Waals surface area contributed by atoms with E-state index >= 15 is 0 Å². The van der Waals surface area contributed by atoms with E-state index in [9.17, 15) is 14.4 Å². The van der Waals surface area contributed by atoms with Gasteiger partial charge in [0.15, 0.2) is 0 Å². The Morgan fingerprint density at radius 2 is 1.70 bits per heavy atom. The number of hydrogen-bond donors (Lipinski definition) is 2. The second-order valence-corrected chi connectivity index (χ2v) is 8.23. The molecule has 0 spiro atoms. The molecule has 3 aromatic carbocycles. The fraction of sp³-hybridized carbons (Fsp3) is 0.115. The van der Waals surface area contributed by atoms with Crippen molar-refractivity contribution in [1.29, 1.82) is 0 Å². The standard InChI is InChI=1S/C26H20N4O3/c31-23(28-17-10-9-16-11-13-27-21(16)15-17)12-14-29-24-18-5-1-2-6-19(18)26(33)30(24)22-8-4-3-7-20(22)25(29)32/h1-11,13,15,24,27H,12,14H2,(H,28,31)/t24-/m0/s1. The minimum atomic E-state index is -0.556. The molecule has 0 aliphatic carbocycles. The molecule has 0 unspecified atom stereocenters. The van der Waals surface area contributed by atoms with Gasteiger partial charge in [0.25, 0.3) is 11.8 Å². The predicted molar refractivity (Wildman–Crippen MR) is 125 cm³/mol. The van der Waals surface area contributed by atoms with Crippen molar-refractivity contribution in [2.45, 2.75) is 12.6 Å². The molecule has 33 heavy (non-hydrogen) atoms. The van der Waals surface area contributed by atoms with Crippen molar-refractivity contribution < 1.29 is 14.4 Å². The number of nitrogens with zero attached hydrogens (tertiary/aromatic N) is 2. The van der Waals surface area contributed by atoms with E-state index < -0.39 is 6.17 Å². The third kappa shape index (κ3) is 3.01. The first-order chi connectivity index (χ1) is 16.1. The molecule has 3 heterocycles. The Bertz CT molecular complexity index is 1440. The van der Waals surface area contributed by atoms with Crippen molar-refractivity contribution in [3.05, 3.63) is 95.7 Å². The highest BCUT2D eigenvalue weighted by molar-refractivity contribution is 6.16. The maximum atomic E-state index is 13.4. The van der Waals surface area contributed by atoms with Gasteiger partial charge in [-0.1, -0.05) is 36.4 Å². The Morgan fingerprint density at radius 1 is 0.909 bits per heavy atom. The average Bonchev–Trinajstić information content (AvgIpc) is 3.42. The molecule has 1 aromatic heterocycles. The molecule has 3 amide bonds. The van der Waals surface area contributed by atoms with Crippen LogP contribution in [0.5, 0.6) is 0 Å². The van der Waals surface area contributed by atoms with Crippen LogP contribution in [-0.4, -0.2) is 34.2 Å². The summed E-state index contributed by atoms with van der Waals surface area (Å²) in [4.78, 5) is 45.8. The maximum absolute atomic E-state index is 13.4. The molecule has 6 rings (SSSR count). The Hall–Kier alpha value is -4.39. The first-order valence-corrected chi connectivity index (χ1v) is 10.8. The molecule has 7 nitrogen and oxygen atoms in total. The highest BCUT2D eigenvalue weighted by atomic mass is 16.2. The van der Waals surface area contributed by atoms with Crippen LogP contribution in [0.3, 0.4) is 0 Å². The lowest BCUT2D eigenvalue weighted by molar-refractivity contribution is -0.116. The van der Waals surface area contributed by atoms with Gasteiger partial charge in [0.2, 0.25) is 5.91 Å². The maximum Gasteiger partial charge on any atom is 0.260 e. The second-order valence-electron chi connectivity index (χ2n) is 8.23. The summed E-state index contributed by atoms with van der Waals surface area (Å²) in [5.74, 6) is -0.516. The molecule has 2 N–H and O–H groups in total. The van der Waals surface area contributed by atoms with Crippen LogP contribution in [0.4, 0.5) is 11.4 Å². The summed E-state index contributed by atoms with van der Waals surface area (Å²) in [6, 6.07) is 22.1. The molecule has 0 saturated heterocycles. The number of nitrogens with one attached hydrogen (secondary N) is 2. The number of hydrogen-bond acceptors (Lipinski definition) is 3. The van der Waals surface area contributed by atoms with E-state index in [4.69, 9.17) is 0 Å². The van der Waals surface area contributed by atoms with E-state index in [2.05, 4.69) is 10.3 Å². The van der Waals surface area contributed by atoms with Crippen molar-refractivity contribution in [3.63, 3.8) is 0 Å². The first-order valence-electron chi connectivity index (χ1n) is 10.8. The molecule has 0 fully saturated rings. The van der Waals surface area contributed by atoms with E-state index in [1.165, 1.54) is 0 Å². The number of anilines is 2. The van der Waals surface area contributed by atoms with Crippen LogP contribution in [-0.2, 0) is 4.79 Å². The molecule has 4 aromatic rings. The van der Waals surface area contributed by atoms with Crippen molar-refractivity contribution in [3.8, 4) is 0 Å². The zero-order valence-corrected chi connectivity index (χ0v) is 17.6. The summed E-state index contributed by atoms with van der Waals surface area (Å²) in [6.45, 7) is 0.187. The Morgan fingerprint density at radius 3 is 2.58 bits per heavy atom. The van der Waals surface area contributed by atoms with E-state index in [0.717, 1.165) is 16.5 Å². The molecule has 2 aliphatic heterocycles. The van der Waals surface area contributed by atoms with Crippen molar-refractivity contribution >= 4 is 40.0 Å². The number of H-pyrrole nitrogens is 1. The molecule has 1 atom stereocenters. The smallest absolute Gasteiger partial charge is 0.260 e. The third-order valence-electron chi connectivity index (χ3n) is 6.30. The van der Waals surface area contributed by atoms with Gasteiger partial charge in [-0.15, -0.1) is 0 Å². The monoisotopic (exact) mass is 436 g/mol. The summed E-state index contributed by atoms with van der Waals surface area (Å²) in [6.07, 6.45) is 1.40. The van der Waals surface area contributed by atoms with Crippen LogP contribution in [0.25, 0.3) is 10.9 Å². The molecular weight excluding hydrogens is 416 g/mol. The number of fused-ring (bicyclic) bond motifs is 6. The number of aromatic nitrogens is 1. The third-order valence-corrected chi connectivity index (χ3v) is 6.30. The minimum absolute atomic E-state index is 0.108. The number of aromatic amines is 1. The zero-order chi connectivity index (χ0) is 22.5. The molecule has 162 valence electrons. The normalized spacial score (nSPS) is 16.5. The van der Waals surface area contributed by atoms with Crippen LogP contribution >= 0.6 is 0 Å². The number of para-hydroxylation sites is 1. The van der Waals surface area contributed by atoms with Gasteiger partial charge in [0.1, 0.15) is 6.17 Å². The molecule has 7 heteroatoms. The van der Waals surface area contributed by atoms with Gasteiger partial charge in [0, 0.05) is 41.5 Å². The van der Waals surface area contributed by atoms with E-state index in [0.29, 0.717) is 22.5 Å². The van der Waals surface area contributed by atoms with Gasteiger partial charge in [-0.25, -0.2) is 0 Å². The van der Waals surface area contributed by atoms with Crippen LogP contribution in [0.15, 0.2) is 79.0 Å². The quantitative estimate of drug-likeness (QED) is 0.500. The molecule has 0 saturated carbocycles. The number of carbonyl (C=O) groups excluding carboxylic acids is 3. The lowest BCUT2D eigenvalue weighted by atomic mass is 10.0. The van der Waals surface area contributed by atoms with Crippen LogP contribution < -0.4 is 10.2 Å². The zero-order valence-electron chi connectivity index (χ0n) is 17.6. The number of amides is 3. The number of benzene rings is 3. The highest BCUT2D eigenvalue weighted by Crippen LogP contribution is 2.45. The Balaban J connectivity index is 1.28. The Kier molecular flexibility index (Phi) is 4.29. The van der Waals surface area contributed by atoms with E-state index in [1.807, 2.05) is 54.7 Å². The molecule has 0 radical (unpaired) electrons. The van der Waals surface area contributed by atoms with Gasteiger partial charge in [0.05, 0.1) is 11.3 Å². The van der Waals surface area contributed by atoms with E-state index in [1.54, 1.807) is 34.1 Å². The fourth-order valence-corrected chi connectivity index (χ4v) is 4.77. The second kappa shape index (κ2) is 7.34. The van der Waals surface area contributed by atoms with Crippen LogP contribution in [0.1, 0.15) is 38.9 Å². The lowest BCUT2D eigenvalue weighted by Gasteiger charge is -2.40.